The number of alkyl halides is 3. The molecule has 0 fully saturated rings. The molecule has 0 aromatic carbocycles. The van der Waals surface area contributed by atoms with Crippen molar-refractivity contribution in [3.63, 3.8) is 0 Å². The molecular formula is C9H16F3NO2. The quantitative estimate of drug-likeness (QED) is 0.701. The minimum Gasteiger partial charge on any atom is -0.373 e. The highest BCUT2D eigenvalue weighted by Crippen LogP contribution is 2.29. The first-order valence-corrected chi connectivity index (χ1v) is 4.81. The molecule has 90 valence electrons. The fraction of sp³-hybridized carbons (Fsp3) is 0.889. The van der Waals surface area contributed by atoms with E-state index in [4.69, 9.17) is 5.11 Å². The number of carbonyl (C=O) groups excluding carboxylic acids is 1. The van der Waals surface area contributed by atoms with E-state index in [2.05, 4.69) is 5.32 Å². The van der Waals surface area contributed by atoms with Gasteiger partial charge in [0.05, 0.1) is 0 Å². The number of nitrogens with one attached hydrogen (secondary N) is 1. The molecule has 0 aliphatic heterocycles. The summed E-state index contributed by atoms with van der Waals surface area (Å²) >= 11 is 0. The van der Waals surface area contributed by atoms with Gasteiger partial charge < -0.3 is 10.4 Å². The van der Waals surface area contributed by atoms with Crippen molar-refractivity contribution in [1.29, 1.82) is 0 Å². The minimum atomic E-state index is -4.94. The van der Waals surface area contributed by atoms with Crippen molar-refractivity contribution < 1.29 is 23.1 Å². The van der Waals surface area contributed by atoms with Gasteiger partial charge in [-0.25, -0.2) is 0 Å². The zero-order chi connectivity index (χ0) is 12.1. The molecule has 0 aliphatic carbocycles. The number of rotatable bonds is 5. The predicted molar refractivity (Wildman–Crippen MR) is 49.2 cm³/mol. The second-order valence-electron chi connectivity index (χ2n) is 3.53. The molecule has 0 bridgehead atoms. The molecule has 1 unspecified atom stereocenters. The summed E-state index contributed by atoms with van der Waals surface area (Å²) in [7, 11) is 0. The molecule has 1 atom stereocenters. The highest BCUT2D eigenvalue weighted by atomic mass is 19.4. The van der Waals surface area contributed by atoms with E-state index in [0.717, 1.165) is 12.8 Å². The van der Waals surface area contributed by atoms with Crippen molar-refractivity contribution in [2.45, 2.75) is 44.9 Å². The van der Waals surface area contributed by atoms with Gasteiger partial charge in [0, 0.05) is 6.54 Å². The molecule has 0 saturated carbocycles. The van der Waals surface area contributed by atoms with Crippen LogP contribution in [-0.2, 0) is 4.79 Å². The standard InChI is InChI=1S/C9H16F3NO2/c1-3-4-5-6-13-7(14)8(2,15)9(10,11)12/h15H,3-6H2,1-2H3,(H,13,14). The highest BCUT2D eigenvalue weighted by Gasteiger charge is 2.55. The van der Waals surface area contributed by atoms with E-state index in [9.17, 15) is 18.0 Å². The third-order valence-corrected chi connectivity index (χ3v) is 2.06. The Morgan fingerprint density at radius 2 is 1.87 bits per heavy atom. The molecule has 0 aromatic heterocycles. The maximum absolute atomic E-state index is 12.1. The summed E-state index contributed by atoms with van der Waals surface area (Å²) in [5.74, 6) is -1.40. The van der Waals surface area contributed by atoms with Gasteiger partial charge in [0.15, 0.2) is 0 Å². The lowest BCUT2D eigenvalue weighted by atomic mass is 10.1. The average molecular weight is 227 g/mol. The van der Waals surface area contributed by atoms with Gasteiger partial charge in [-0.2, -0.15) is 13.2 Å². The number of unbranched alkanes of at least 4 members (excludes halogenated alkanes) is 2. The molecule has 0 aromatic rings. The van der Waals surface area contributed by atoms with Gasteiger partial charge in [0.2, 0.25) is 5.60 Å². The average Bonchev–Trinajstić information content (AvgIpc) is 2.10. The zero-order valence-electron chi connectivity index (χ0n) is 8.82. The lowest BCUT2D eigenvalue weighted by molar-refractivity contribution is -0.245. The van der Waals surface area contributed by atoms with E-state index in [1.807, 2.05) is 6.92 Å². The predicted octanol–water partition coefficient (Wildman–Crippen LogP) is 1.61. The van der Waals surface area contributed by atoms with Gasteiger partial charge >= 0.3 is 6.18 Å². The van der Waals surface area contributed by atoms with Crippen LogP contribution in [0.4, 0.5) is 13.2 Å². The summed E-state index contributed by atoms with van der Waals surface area (Å²) in [6, 6.07) is 0. The lowest BCUT2D eigenvalue weighted by Crippen LogP contribution is -2.54. The van der Waals surface area contributed by atoms with Gasteiger partial charge in [-0.1, -0.05) is 19.8 Å². The van der Waals surface area contributed by atoms with Crippen molar-refractivity contribution in [2.75, 3.05) is 6.54 Å². The molecule has 0 spiro atoms. The van der Waals surface area contributed by atoms with Crippen molar-refractivity contribution in [1.82, 2.24) is 5.32 Å². The van der Waals surface area contributed by atoms with Crippen molar-refractivity contribution >= 4 is 5.91 Å². The summed E-state index contributed by atoms with van der Waals surface area (Å²) in [6.07, 6.45) is -2.60. The Morgan fingerprint density at radius 1 is 1.33 bits per heavy atom. The molecule has 0 rings (SSSR count). The van der Waals surface area contributed by atoms with Crippen LogP contribution in [0.1, 0.15) is 33.1 Å². The molecule has 0 aliphatic rings. The smallest absolute Gasteiger partial charge is 0.373 e. The highest BCUT2D eigenvalue weighted by molar-refractivity contribution is 5.85. The first-order valence-electron chi connectivity index (χ1n) is 4.81. The molecule has 0 radical (unpaired) electrons. The van der Waals surface area contributed by atoms with Crippen LogP contribution in [0.5, 0.6) is 0 Å². The summed E-state index contributed by atoms with van der Waals surface area (Å²) in [6.45, 7) is 2.54. The summed E-state index contributed by atoms with van der Waals surface area (Å²) in [5, 5.41) is 11.0. The number of amides is 1. The van der Waals surface area contributed by atoms with E-state index < -0.39 is 17.7 Å². The number of carbonyl (C=O) groups is 1. The van der Waals surface area contributed by atoms with Gasteiger partial charge in [0.1, 0.15) is 0 Å². The third kappa shape index (κ3) is 4.07. The first-order chi connectivity index (χ1) is 6.73. The number of hydrogen-bond acceptors (Lipinski definition) is 2. The van der Waals surface area contributed by atoms with Gasteiger partial charge in [0.25, 0.3) is 5.91 Å². The molecular weight excluding hydrogens is 211 g/mol. The Labute approximate surface area is 86.7 Å². The molecule has 15 heavy (non-hydrogen) atoms. The Hall–Kier alpha value is -0.780. The summed E-state index contributed by atoms with van der Waals surface area (Å²) in [4.78, 5) is 11.0. The van der Waals surface area contributed by atoms with Crippen LogP contribution < -0.4 is 5.32 Å². The van der Waals surface area contributed by atoms with Crippen molar-refractivity contribution in [2.24, 2.45) is 0 Å². The maximum atomic E-state index is 12.1. The summed E-state index contributed by atoms with van der Waals surface area (Å²) in [5.41, 5.74) is -3.31. The van der Waals surface area contributed by atoms with Crippen molar-refractivity contribution in [3.05, 3.63) is 0 Å². The topological polar surface area (TPSA) is 49.3 Å². The Balaban J connectivity index is 4.10. The van der Waals surface area contributed by atoms with Crippen LogP contribution in [0.25, 0.3) is 0 Å². The molecule has 6 heteroatoms. The zero-order valence-corrected chi connectivity index (χ0v) is 8.82. The molecule has 0 saturated heterocycles. The maximum Gasteiger partial charge on any atom is 0.426 e. The second kappa shape index (κ2) is 5.34. The van der Waals surface area contributed by atoms with E-state index in [1.165, 1.54) is 0 Å². The molecule has 3 nitrogen and oxygen atoms in total. The Morgan fingerprint density at radius 3 is 2.27 bits per heavy atom. The molecule has 0 heterocycles. The van der Waals surface area contributed by atoms with Crippen LogP contribution in [0, 0.1) is 0 Å². The van der Waals surface area contributed by atoms with Crippen LogP contribution in [0.15, 0.2) is 0 Å². The lowest BCUT2D eigenvalue weighted by Gasteiger charge is -2.24. The van der Waals surface area contributed by atoms with Gasteiger partial charge in [-0.05, 0) is 13.3 Å². The largest absolute Gasteiger partial charge is 0.426 e. The Bertz CT molecular complexity index is 214. The van der Waals surface area contributed by atoms with E-state index in [-0.39, 0.29) is 6.54 Å². The fourth-order valence-electron chi connectivity index (χ4n) is 0.878. The van der Waals surface area contributed by atoms with Crippen LogP contribution in [0.3, 0.4) is 0 Å². The fourth-order valence-corrected chi connectivity index (χ4v) is 0.878. The molecule has 2 N–H and O–H groups in total. The van der Waals surface area contributed by atoms with Crippen LogP contribution in [-0.4, -0.2) is 29.3 Å². The minimum absolute atomic E-state index is 0.152. The van der Waals surface area contributed by atoms with Crippen LogP contribution >= 0.6 is 0 Å². The summed E-state index contributed by atoms with van der Waals surface area (Å²) < 4.78 is 36.4. The van der Waals surface area contributed by atoms with Crippen molar-refractivity contribution in [3.8, 4) is 0 Å². The van der Waals surface area contributed by atoms with E-state index in [0.29, 0.717) is 13.3 Å². The van der Waals surface area contributed by atoms with E-state index in [1.54, 1.807) is 0 Å². The Kier molecular flexibility index (Phi) is 5.07. The molecule has 1 amide bonds. The van der Waals surface area contributed by atoms with Gasteiger partial charge in [-0.3, -0.25) is 4.79 Å². The monoisotopic (exact) mass is 227 g/mol. The number of halogens is 3. The van der Waals surface area contributed by atoms with E-state index >= 15 is 0 Å². The number of hydrogen-bond donors (Lipinski definition) is 2. The normalized spacial score (nSPS) is 15.9. The second-order valence-corrected chi connectivity index (χ2v) is 3.53. The third-order valence-electron chi connectivity index (χ3n) is 2.06. The SMILES string of the molecule is CCCCCNC(=O)C(C)(O)C(F)(F)F. The first kappa shape index (κ1) is 14.2. The number of aliphatic hydroxyl groups is 1. The van der Waals surface area contributed by atoms with Gasteiger partial charge in [-0.15, -0.1) is 0 Å². The van der Waals surface area contributed by atoms with Crippen LogP contribution in [0.2, 0.25) is 0 Å².